The Balaban J connectivity index is 1.99. The highest BCUT2D eigenvalue weighted by atomic mass is 32.2. The van der Waals surface area contributed by atoms with Crippen molar-refractivity contribution in [1.82, 2.24) is 0 Å². The fourth-order valence-corrected chi connectivity index (χ4v) is 3.56. The zero-order valence-corrected chi connectivity index (χ0v) is 12.7. The molecule has 0 aliphatic heterocycles. The average molecular weight is 337 g/mol. The van der Waals surface area contributed by atoms with E-state index < -0.39 is 32.3 Å². The molecule has 2 aromatic rings. The Bertz CT molecular complexity index is 895. The van der Waals surface area contributed by atoms with Crippen molar-refractivity contribution in [3.8, 4) is 5.75 Å². The first-order valence-corrected chi connectivity index (χ1v) is 8.28. The first-order chi connectivity index (χ1) is 10.9. The molecule has 0 aromatic heterocycles. The zero-order chi connectivity index (χ0) is 16.6. The minimum absolute atomic E-state index is 0.100. The molecule has 0 spiro atoms. The van der Waals surface area contributed by atoms with Crippen LogP contribution in [0.2, 0.25) is 0 Å². The summed E-state index contributed by atoms with van der Waals surface area (Å²) in [6, 6.07) is 7.02. The normalized spacial score (nSPS) is 13.6. The molecule has 1 aliphatic carbocycles. The van der Waals surface area contributed by atoms with Crippen LogP contribution in [0.5, 0.6) is 5.75 Å². The molecule has 0 fully saturated rings. The molecule has 0 atom stereocenters. The van der Waals surface area contributed by atoms with Gasteiger partial charge in [-0.25, -0.2) is 4.39 Å². The summed E-state index contributed by atoms with van der Waals surface area (Å²) in [6.07, 6.45) is 2.62. The topological polar surface area (TPSA) is 86.5 Å². The number of nitro groups is 1. The average Bonchev–Trinajstić information content (AvgIpc) is 2.93. The lowest BCUT2D eigenvalue weighted by atomic mass is 10.1. The Kier molecular flexibility index (Phi) is 3.77. The summed E-state index contributed by atoms with van der Waals surface area (Å²) in [5, 5.41) is 10.9. The van der Waals surface area contributed by atoms with Gasteiger partial charge in [0.1, 0.15) is 10.7 Å². The van der Waals surface area contributed by atoms with Crippen molar-refractivity contribution in [2.45, 2.75) is 24.2 Å². The number of benzene rings is 2. The molecule has 3 rings (SSSR count). The van der Waals surface area contributed by atoms with Gasteiger partial charge in [0.15, 0.2) is 0 Å². The van der Waals surface area contributed by atoms with Gasteiger partial charge < -0.3 is 4.18 Å². The van der Waals surface area contributed by atoms with E-state index in [-0.39, 0.29) is 4.90 Å². The smallest absolute Gasteiger partial charge is 0.339 e. The van der Waals surface area contributed by atoms with Crippen LogP contribution in [0.1, 0.15) is 17.5 Å². The van der Waals surface area contributed by atoms with Gasteiger partial charge in [-0.05, 0) is 48.6 Å². The standard InChI is InChI=1S/C15H12FNO5S/c16-12-5-7-14(17(18)19)15(9-12)22-23(20,21)13-6-4-10-2-1-3-11(10)8-13/h4-9H,1-3H2. The lowest BCUT2D eigenvalue weighted by molar-refractivity contribution is -0.385. The molecule has 2 aromatic carbocycles. The number of fused-ring (bicyclic) bond motifs is 1. The predicted octanol–water partition coefficient (Wildman–Crippen LogP) is 2.99. The quantitative estimate of drug-likeness (QED) is 0.486. The number of nitro benzene ring substituents is 1. The number of rotatable bonds is 4. The zero-order valence-electron chi connectivity index (χ0n) is 11.9. The minimum Gasteiger partial charge on any atom is -0.371 e. The Morgan fingerprint density at radius 2 is 1.83 bits per heavy atom. The van der Waals surface area contributed by atoms with Crippen molar-refractivity contribution in [3.05, 3.63) is 63.5 Å². The van der Waals surface area contributed by atoms with Crippen molar-refractivity contribution >= 4 is 15.8 Å². The van der Waals surface area contributed by atoms with E-state index in [0.29, 0.717) is 6.07 Å². The molecule has 0 saturated carbocycles. The molecular formula is C15H12FNO5S. The summed E-state index contributed by atoms with van der Waals surface area (Å²) >= 11 is 0. The molecule has 0 radical (unpaired) electrons. The van der Waals surface area contributed by atoms with E-state index >= 15 is 0 Å². The maximum absolute atomic E-state index is 13.3. The molecule has 0 amide bonds. The fraction of sp³-hybridized carbons (Fsp3) is 0.200. The number of aryl methyl sites for hydroxylation is 2. The lowest BCUT2D eigenvalue weighted by Gasteiger charge is -2.09. The molecule has 0 heterocycles. The Morgan fingerprint density at radius 1 is 1.09 bits per heavy atom. The molecule has 0 unspecified atom stereocenters. The summed E-state index contributed by atoms with van der Waals surface area (Å²) in [5.74, 6) is -1.47. The van der Waals surface area contributed by atoms with E-state index in [1.807, 2.05) is 0 Å². The van der Waals surface area contributed by atoms with Crippen LogP contribution in [0.15, 0.2) is 41.3 Å². The number of hydrogen-bond acceptors (Lipinski definition) is 5. The van der Waals surface area contributed by atoms with E-state index in [1.165, 1.54) is 12.1 Å². The molecular weight excluding hydrogens is 325 g/mol. The molecule has 0 bridgehead atoms. The minimum atomic E-state index is -4.28. The summed E-state index contributed by atoms with van der Waals surface area (Å²) in [7, 11) is -4.28. The summed E-state index contributed by atoms with van der Waals surface area (Å²) in [4.78, 5) is 9.99. The van der Waals surface area contributed by atoms with E-state index in [4.69, 9.17) is 4.18 Å². The van der Waals surface area contributed by atoms with Gasteiger partial charge in [-0.2, -0.15) is 8.42 Å². The van der Waals surface area contributed by atoms with Gasteiger partial charge in [-0.3, -0.25) is 10.1 Å². The van der Waals surface area contributed by atoms with Crippen LogP contribution in [0.3, 0.4) is 0 Å². The Labute approximate surface area is 131 Å². The predicted molar refractivity (Wildman–Crippen MR) is 79.3 cm³/mol. The van der Waals surface area contributed by atoms with E-state index in [2.05, 4.69) is 0 Å². The number of hydrogen-bond donors (Lipinski definition) is 0. The third-order valence-electron chi connectivity index (χ3n) is 3.68. The molecule has 23 heavy (non-hydrogen) atoms. The van der Waals surface area contributed by atoms with Crippen LogP contribution < -0.4 is 4.18 Å². The van der Waals surface area contributed by atoms with Gasteiger partial charge in [-0.15, -0.1) is 0 Å². The van der Waals surface area contributed by atoms with Crippen LogP contribution >= 0.6 is 0 Å². The van der Waals surface area contributed by atoms with Gasteiger partial charge in [0.2, 0.25) is 5.75 Å². The van der Waals surface area contributed by atoms with Gasteiger partial charge in [-0.1, -0.05) is 6.07 Å². The fourth-order valence-electron chi connectivity index (χ4n) is 2.58. The number of nitrogens with zero attached hydrogens (tertiary/aromatic N) is 1. The SMILES string of the molecule is O=[N+]([O-])c1ccc(F)cc1OS(=O)(=O)c1ccc2c(c1)CCC2. The van der Waals surface area contributed by atoms with Crippen molar-refractivity contribution in [1.29, 1.82) is 0 Å². The van der Waals surface area contributed by atoms with Gasteiger partial charge >= 0.3 is 15.8 Å². The highest BCUT2D eigenvalue weighted by molar-refractivity contribution is 7.87. The Morgan fingerprint density at radius 3 is 2.57 bits per heavy atom. The maximum Gasteiger partial charge on any atom is 0.339 e. The van der Waals surface area contributed by atoms with Crippen LogP contribution in [0.4, 0.5) is 10.1 Å². The highest BCUT2D eigenvalue weighted by Crippen LogP contribution is 2.31. The lowest BCUT2D eigenvalue weighted by Crippen LogP contribution is -2.11. The molecule has 120 valence electrons. The third-order valence-corrected chi connectivity index (χ3v) is 4.91. The van der Waals surface area contributed by atoms with E-state index in [0.717, 1.165) is 42.5 Å². The van der Waals surface area contributed by atoms with Crippen LogP contribution in [0, 0.1) is 15.9 Å². The summed E-state index contributed by atoms with van der Waals surface area (Å²) in [6.45, 7) is 0. The molecule has 0 saturated heterocycles. The van der Waals surface area contributed by atoms with Crippen LogP contribution in [-0.4, -0.2) is 13.3 Å². The molecule has 0 N–H and O–H groups in total. The van der Waals surface area contributed by atoms with E-state index in [1.54, 1.807) is 6.07 Å². The summed E-state index contributed by atoms with van der Waals surface area (Å²) < 4.78 is 42.7. The first kappa shape index (κ1) is 15.4. The largest absolute Gasteiger partial charge is 0.371 e. The van der Waals surface area contributed by atoms with Gasteiger partial charge in [0.25, 0.3) is 0 Å². The second kappa shape index (κ2) is 5.62. The van der Waals surface area contributed by atoms with Crippen molar-refractivity contribution < 1.29 is 21.9 Å². The second-order valence-corrected chi connectivity index (χ2v) is 6.74. The molecule has 1 aliphatic rings. The van der Waals surface area contributed by atoms with Crippen LogP contribution in [0.25, 0.3) is 0 Å². The van der Waals surface area contributed by atoms with Crippen molar-refractivity contribution in [3.63, 3.8) is 0 Å². The molecule has 6 nitrogen and oxygen atoms in total. The van der Waals surface area contributed by atoms with Crippen molar-refractivity contribution in [2.24, 2.45) is 0 Å². The third kappa shape index (κ3) is 3.02. The van der Waals surface area contributed by atoms with Gasteiger partial charge in [0, 0.05) is 12.1 Å². The monoisotopic (exact) mass is 337 g/mol. The highest BCUT2D eigenvalue weighted by Gasteiger charge is 2.25. The van der Waals surface area contributed by atoms with E-state index in [9.17, 15) is 22.9 Å². The second-order valence-electron chi connectivity index (χ2n) is 5.19. The van der Waals surface area contributed by atoms with Crippen LogP contribution in [-0.2, 0) is 23.0 Å². The Hall–Kier alpha value is -2.48. The molecule has 8 heteroatoms. The maximum atomic E-state index is 13.3. The number of halogens is 1. The first-order valence-electron chi connectivity index (χ1n) is 6.87. The van der Waals surface area contributed by atoms with Crippen molar-refractivity contribution in [2.75, 3.05) is 0 Å². The van der Waals surface area contributed by atoms with Gasteiger partial charge in [0.05, 0.1) is 4.92 Å². The summed E-state index contributed by atoms with van der Waals surface area (Å²) in [5.41, 5.74) is 1.39.